The van der Waals surface area contributed by atoms with Crippen molar-refractivity contribution in [2.24, 2.45) is 5.41 Å². The molecule has 1 fully saturated rings. The molecule has 20 heavy (non-hydrogen) atoms. The van der Waals surface area contributed by atoms with Crippen LogP contribution in [0.2, 0.25) is 0 Å². The number of piperidine rings is 1. The summed E-state index contributed by atoms with van der Waals surface area (Å²) in [6.07, 6.45) is 3.76. The minimum absolute atomic E-state index is 0.525. The molecular formula is C17H30N2O. The highest BCUT2D eigenvalue weighted by Crippen LogP contribution is 2.30. The zero-order valence-corrected chi connectivity index (χ0v) is 13.6. The van der Waals surface area contributed by atoms with Gasteiger partial charge >= 0.3 is 0 Å². The molecule has 1 aliphatic heterocycles. The van der Waals surface area contributed by atoms with Gasteiger partial charge in [-0.1, -0.05) is 20.8 Å². The standard InChI is InChI=1S/C17H30N2O/c1-5-8-18-12-16-11-15(14(2)20-16)13-19-9-6-17(3,4)7-10-19/h11,18H,5-10,12-13H2,1-4H3. The molecule has 114 valence electrons. The molecule has 0 unspecified atom stereocenters. The smallest absolute Gasteiger partial charge is 0.118 e. The van der Waals surface area contributed by atoms with E-state index in [1.807, 2.05) is 0 Å². The van der Waals surface area contributed by atoms with Crippen molar-refractivity contribution in [3.05, 3.63) is 23.2 Å². The molecule has 0 spiro atoms. The molecule has 1 aromatic heterocycles. The molecule has 2 rings (SSSR count). The van der Waals surface area contributed by atoms with E-state index in [-0.39, 0.29) is 0 Å². The van der Waals surface area contributed by atoms with Crippen LogP contribution < -0.4 is 5.32 Å². The second-order valence-corrected chi connectivity index (χ2v) is 6.91. The summed E-state index contributed by atoms with van der Waals surface area (Å²) >= 11 is 0. The number of hydrogen-bond donors (Lipinski definition) is 1. The van der Waals surface area contributed by atoms with E-state index in [1.54, 1.807) is 0 Å². The normalized spacial score (nSPS) is 19.4. The van der Waals surface area contributed by atoms with Gasteiger partial charge in [0.1, 0.15) is 11.5 Å². The number of rotatable bonds is 6. The molecule has 0 saturated carbocycles. The van der Waals surface area contributed by atoms with Gasteiger partial charge in [0.2, 0.25) is 0 Å². The lowest BCUT2D eigenvalue weighted by Crippen LogP contribution is -2.36. The van der Waals surface area contributed by atoms with Crippen LogP contribution in [-0.4, -0.2) is 24.5 Å². The van der Waals surface area contributed by atoms with Gasteiger partial charge in [-0.25, -0.2) is 0 Å². The highest BCUT2D eigenvalue weighted by atomic mass is 16.3. The summed E-state index contributed by atoms with van der Waals surface area (Å²) in [5, 5.41) is 3.40. The minimum atomic E-state index is 0.525. The van der Waals surface area contributed by atoms with Crippen molar-refractivity contribution in [3.8, 4) is 0 Å². The van der Waals surface area contributed by atoms with Crippen LogP contribution in [0.4, 0.5) is 0 Å². The van der Waals surface area contributed by atoms with Gasteiger partial charge in [-0.3, -0.25) is 4.90 Å². The Kier molecular flexibility index (Phi) is 5.28. The van der Waals surface area contributed by atoms with Gasteiger partial charge in [0.15, 0.2) is 0 Å². The van der Waals surface area contributed by atoms with Gasteiger partial charge in [0, 0.05) is 12.1 Å². The summed E-state index contributed by atoms with van der Waals surface area (Å²) in [7, 11) is 0. The Morgan fingerprint density at radius 2 is 2.00 bits per heavy atom. The van der Waals surface area contributed by atoms with Gasteiger partial charge < -0.3 is 9.73 Å². The van der Waals surface area contributed by atoms with Gasteiger partial charge in [-0.15, -0.1) is 0 Å². The van der Waals surface area contributed by atoms with E-state index in [2.05, 4.69) is 44.0 Å². The largest absolute Gasteiger partial charge is 0.465 e. The Labute approximate surface area is 123 Å². The van der Waals surface area contributed by atoms with Crippen LogP contribution in [-0.2, 0) is 13.1 Å². The first-order chi connectivity index (χ1) is 9.50. The van der Waals surface area contributed by atoms with Crippen molar-refractivity contribution >= 4 is 0 Å². The summed E-state index contributed by atoms with van der Waals surface area (Å²) in [6.45, 7) is 14.4. The van der Waals surface area contributed by atoms with Crippen molar-refractivity contribution in [3.63, 3.8) is 0 Å². The Morgan fingerprint density at radius 1 is 1.30 bits per heavy atom. The quantitative estimate of drug-likeness (QED) is 0.804. The van der Waals surface area contributed by atoms with Gasteiger partial charge in [0.05, 0.1) is 6.54 Å². The van der Waals surface area contributed by atoms with Gasteiger partial charge in [0.25, 0.3) is 0 Å². The molecule has 2 heterocycles. The van der Waals surface area contributed by atoms with Crippen LogP contribution in [0.15, 0.2) is 10.5 Å². The lowest BCUT2D eigenvalue weighted by atomic mass is 9.82. The molecule has 0 aromatic carbocycles. The van der Waals surface area contributed by atoms with E-state index in [1.165, 1.54) is 31.5 Å². The number of nitrogens with zero attached hydrogens (tertiary/aromatic N) is 1. The molecule has 1 aliphatic rings. The number of aryl methyl sites for hydroxylation is 1. The predicted molar refractivity (Wildman–Crippen MR) is 83.7 cm³/mol. The zero-order valence-electron chi connectivity index (χ0n) is 13.6. The van der Waals surface area contributed by atoms with Crippen LogP contribution in [0, 0.1) is 12.3 Å². The van der Waals surface area contributed by atoms with Gasteiger partial charge in [-0.2, -0.15) is 0 Å². The van der Waals surface area contributed by atoms with Crippen LogP contribution in [0.3, 0.4) is 0 Å². The summed E-state index contributed by atoms with van der Waals surface area (Å²) in [5.74, 6) is 2.16. The maximum atomic E-state index is 5.85. The monoisotopic (exact) mass is 278 g/mol. The fourth-order valence-electron chi connectivity index (χ4n) is 2.78. The fourth-order valence-corrected chi connectivity index (χ4v) is 2.78. The molecule has 3 heteroatoms. The minimum Gasteiger partial charge on any atom is -0.465 e. The van der Waals surface area contributed by atoms with E-state index in [9.17, 15) is 0 Å². The van der Waals surface area contributed by atoms with E-state index in [0.717, 1.165) is 37.6 Å². The van der Waals surface area contributed by atoms with Crippen molar-refractivity contribution in [1.82, 2.24) is 10.2 Å². The fraction of sp³-hybridized carbons (Fsp3) is 0.765. The molecule has 1 saturated heterocycles. The average Bonchev–Trinajstić information content (AvgIpc) is 2.73. The SMILES string of the molecule is CCCNCc1cc(CN2CCC(C)(C)CC2)c(C)o1. The van der Waals surface area contributed by atoms with Gasteiger partial charge in [-0.05, 0) is 57.3 Å². The maximum absolute atomic E-state index is 5.85. The second-order valence-electron chi connectivity index (χ2n) is 6.91. The van der Waals surface area contributed by atoms with E-state index >= 15 is 0 Å². The molecule has 1 N–H and O–H groups in total. The summed E-state index contributed by atoms with van der Waals surface area (Å²) in [4.78, 5) is 2.56. The Hall–Kier alpha value is -0.800. The maximum Gasteiger partial charge on any atom is 0.118 e. The van der Waals surface area contributed by atoms with Crippen molar-refractivity contribution in [1.29, 1.82) is 0 Å². The molecule has 0 radical (unpaired) electrons. The summed E-state index contributed by atoms with van der Waals surface area (Å²) < 4.78 is 5.85. The number of likely N-dealkylation sites (tertiary alicyclic amines) is 1. The highest BCUT2D eigenvalue weighted by molar-refractivity contribution is 5.20. The van der Waals surface area contributed by atoms with E-state index < -0.39 is 0 Å². The van der Waals surface area contributed by atoms with Crippen LogP contribution in [0.25, 0.3) is 0 Å². The van der Waals surface area contributed by atoms with Crippen LogP contribution in [0.5, 0.6) is 0 Å². The first-order valence-electron chi connectivity index (χ1n) is 8.01. The average molecular weight is 278 g/mol. The molecule has 1 aromatic rings. The second kappa shape index (κ2) is 6.77. The third-order valence-corrected chi connectivity index (χ3v) is 4.40. The Bertz CT molecular complexity index is 413. The lowest BCUT2D eigenvalue weighted by Gasteiger charge is -2.36. The Balaban J connectivity index is 1.86. The molecule has 0 aliphatic carbocycles. The zero-order chi connectivity index (χ0) is 14.6. The summed E-state index contributed by atoms with van der Waals surface area (Å²) in [5.41, 5.74) is 1.88. The first kappa shape index (κ1) is 15.6. The molecule has 0 amide bonds. The van der Waals surface area contributed by atoms with Crippen molar-refractivity contribution in [2.45, 2.75) is 60.0 Å². The molecule has 3 nitrogen and oxygen atoms in total. The highest BCUT2D eigenvalue weighted by Gasteiger charge is 2.25. The lowest BCUT2D eigenvalue weighted by molar-refractivity contribution is 0.126. The predicted octanol–water partition coefficient (Wildman–Crippen LogP) is 3.71. The summed E-state index contributed by atoms with van der Waals surface area (Å²) in [6, 6.07) is 2.23. The molecule has 0 atom stereocenters. The molecular weight excluding hydrogens is 248 g/mol. The third-order valence-electron chi connectivity index (χ3n) is 4.40. The van der Waals surface area contributed by atoms with Crippen molar-refractivity contribution in [2.75, 3.05) is 19.6 Å². The number of hydrogen-bond acceptors (Lipinski definition) is 3. The topological polar surface area (TPSA) is 28.4 Å². The number of nitrogens with one attached hydrogen (secondary N) is 1. The van der Waals surface area contributed by atoms with Crippen LogP contribution >= 0.6 is 0 Å². The third kappa shape index (κ3) is 4.35. The first-order valence-corrected chi connectivity index (χ1v) is 8.01. The Morgan fingerprint density at radius 3 is 2.65 bits per heavy atom. The van der Waals surface area contributed by atoms with Crippen molar-refractivity contribution < 1.29 is 4.42 Å². The van der Waals surface area contributed by atoms with Crippen LogP contribution in [0.1, 0.15) is 57.1 Å². The number of furan rings is 1. The van der Waals surface area contributed by atoms with E-state index in [0.29, 0.717) is 5.41 Å². The molecule has 0 bridgehead atoms. The van der Waals surface area contributed by atoms with E-state index in [4.69, 9.17) is 4.42 Å².